The zero-order chi connectivity index (χ0) is 14.9. The first-order chi connectivity index (χ1) is 10.8. The number of imidazole rings is 1. The summed E-state index contributed by atoms with van der Waals surface area (Å²) >= 11 is 0. The second-order valence-electron chi connectivity index (χ2n) is 5.16. The lowest BCUT2D eigenvalue weighted by atomic mass is 10.0. The van der Waals surface area contributed by atoms with Crippen LogP contribution in [0.4, 0.5) is 0 Å². The zero-order valence-corrected chi connectivity index (χ0v) is 12.1. The molecule has 22 heavy (non-hydrogen) atoms. The molecule has 0 N–H and O–H groups in total. The number of nitrogens with zero attached hydrogens (tertiary/aromatic N) is 4. The predicted octanol–water partition coefficient (Wildman–Crippen LogP) is 3.77. The molecule has 4 aromatic heterocycles. The van der Waals surface area contributed by atoms with Gasteiger partial charge in [-0.1, -0.05) is 12.1 Å². The molecular formula is C18H14N4. The van der Waals surface area contributed by atoms with Crippen LogP contribution in [0.3, 0.4) is 0 Å². The number of hydrogen-bond donors (Lipinski definition) is 0. The van der Waals surface area contributed by atoms with Gasteiger partial charge in [0.05, 0.1) is 11.4 Å². The molecule has 0 aliphatic heterocycles. The maximum Gasteiger partial charge on any atom is 0.136 e. The molecule has 0 radical (unpaired) electrons. The average Bonchev–Trinajstić information content (AvgIpc) is 2.96. The smallest absolute Gasteiger partial charge is 0.136 e. The van der Waals surface area contributed by atoms with Crippen molar-refractivity contribution in [2.45, 2.75) is 6.92 Å². The summed E-state index contributed by atoms with van der Waals surface area (Å²) in [6.45, 7) is 2.05. The van der Waals surface area contributed by atoms with Crippen LogP contribution in [-0.2, 0) is 0 Å². The Bertz CT molecular complexity index is 942. The summed E-state index contributed by atoms with van der Waals surface area (Å²) in [5.74, 6) is 0. The zero-order valence-electron chi connectivity index (χ0n) is 12.1. The van der Waals surface area contributed by atoms with Crippen LogP contribution in [0, 0.1) is 6.92 Å². The van der Waals surface area contributed by atoms with Gasteiger partial charge in [-0.05, 0) is 37.3 Å². The molecule has 4 heterocycles. The van der Waals surface area contributed by atoms with Crippen LogP contribution in [0.2, 0.25) is 0 Å². The maximum absolute atomic E-state index is 4.53. The van der Waals surface area contributed by atoms with Crippen LogP contribution in [0.1, 0.15) is 5.69 Å². The average molecular weight is 286 g/mol. The molecule has 4 nitrogen and oxygen atoms in total. The van der Waals surface area contributed by atoms with Gasteiger partial charge in [-0.2, -0.15) is 0 Å². The summed E-state index contributed by atoms with van der Waals surface area (Å²) in [5.41, 5.74) is 5.99. The van der Waals surface area contributed by atoms with E-state index in [9.17, 15) is 0 Å². The number of aromatic nitrogens is 4. The third-order valence-electron chi connectivity index (χ3n) is 3.72. The van der Waals surface area contributed by atoms with Crippen LogP contribution in [0.25, 0.3) is 28.2 Å². The second kappa shape index (κ2) is 5.07. The number of pyridine rings is 3. The first-order valence-electron chi connectivity index (χ1n) is 7.13. The molecule has 106 valence electrons. The summed E-state index contributed by atoms with van der Waals surface area (Å²) in [6.07, 6.45) is 7.56. The minimum Gasteiger partial charge on any atom is -0.304 e. The molecule has 4 aromatic rings. The molecular weight excluding hydrogens is 272 g/mol. The Morgan fingerprint density at radius 1 is 0.864 bits per heavy atom. The molecule has 0 atom stereocenters. The van der Waals surface area contributed by atoms with Gasteiger partial charge in [0.25, 0.3) is 0 Å². The summed E-state index contributed by atoms with van der Waals surface area (Å²) in [5, 5.41) is 0. The monoisotopic (exact) mass is 286 g/mol. The van der Waals surface area contributed by atoms with Crippen LogP contribution in [0.15, 0.2) is 67.3 Å². The van der Waals surface area contributed by atoms with Gasteiger partial charge < -0.3 is 4.40 Å². The summed E-state index contributed by atoms with van der Waals surface area (Å²) in [4.78, 5) is 13.3. The van der Waals surface area contributed by atoms with Crippen molar-refractivity contribution < 1.29 is 0 Å². The van der Waals surface area contributed by atoms with E-state index in [4.69, 9.17) is 0 Å². The van der Waals surface area contributed by atoms with Gasteiger partial charge in [0, 0.05) is 41.6 Å². The fourth-order valence-electron chi connectivity index (χ4n) is 2.61. The third-order valence-corrected chi connectivity index (χ3v) is 3.72. The van der Waals surface area contributed by atoms with Gasteiger partial charge in [0.1, 0.15) is 5.65 Å². The van der Waals surface area contributed by atoms with E-state index in [1.165, 1.54) is 0 Å². The highest BCUT2D eigenvalue weighted by molar-refractivity contribution is 5.79. The molecule has 0 spiro atoms. The van der Waals surface area contributed by atoms with Crippen molar-refractivity contribution in [3.05, 3.63) is 72.9 Å². The number of rotatable bonds is 2. The van der Waals surface area contributed by atoms with E-state index < -0.39 is 0 Å². The normalized spacial score (nSPS) is 11.0. The highest BCUT2D eigenvalue weighted by Crippen LogP contribution is 2.29. The SMILES string of the molecule is Cc1cnc2ccc(-c3cccnc3-c3ccccn3)cn12. The summed E-state index contributed by atoms with van der Waals surface area (Å²) < 4.78 is 2.09. The third kappa shape index (κ3) is 2.05. The van der Waals surface area contributed by atoms with E-state index in [1.54, 1.807) is 12.4 Å². The Morgan fingerprint density at radius 2 is 1.77 bits per heavy atom. The molecule has 0 bridgehead atoms. The second-order valence-corrected chi connectivity index (χ2v) is 5.16. The van der Waals surface area contributed by atoms with Gasteiger partial charge in [-0.15, -0.1) is 0 Å². The summed E-state index contributed by atoms with van der Waals surface area (Å²) in [7, 11) is 0. The summed E-state index contributed by atoms with van der Waals surface area (Å²) in [6, 6.07) is 14.0. The Kier molecular flexibility index (Phi) is 2.93. The quantitative estimate of drug-likeness (QED) is 0.563. The van der Waals surface area contributed by atoms with E-state index in [0.717, 1.165) is 33.9 Å². The van der Waals surface area contributed by atoms with Crippen LogP contribution in [0.5, 0.6) is 0 Å². The van der Waals surface area contributed by atoms with Crippen molar-refractivity contribution in [3.8, 4) is 22.5 Å². The molecule has 0 fully saturated rings. The van der Waals surface area contributed by atoms with Crippen LogP contribution < -0.4 is 0 Å². The Morgan fingerprint density at radius 3 is 2.64 bits per heavy atom. The minimum atomic E-state index is 0.876. The van der Waals surface area contributed by atoms with Gasteiger partial charge >= 0.3 is 0 Å². The molecule has 0 aliphatic carbocycles. The van der Waals surface area contributed by atoms with Crippen molar-refractivity contribution in [3.63, 3.8) is 0 Å². The van der Waals surface area contributed by atoms with E-state index in [1.807, 2.05) is 43.5 Å². The first kappa shape index (κ1) is 12.7. The van der Waals surface area contributed by atoms with E-state index in [0.29, 0.717) is 0 Å². The maximum atomic E-state index is 4.53. The van der Waals surface area contributed by atoms with Crippen molar-refractivity contribution in [2.75, 3.05) is 0 Å². The molecule has 4 heteroatoms. The first-order valence-corrected chi connectivity index (χ1v) is 7.13. The molecule has 0 aromatic carbocycles. The van der Waals surface area contributed by atoms with Crippen LogP contribution in [-0.4, -0.2) is 19.4 Å². The van der Waals surface area contributed by atoms with E-state index in [-0.39, 0.29) is 0 Å². The molecule has 4 rings (SSSR count). The predicted molar refractivity (Wildman–Crippen MR) is 86.4 cm³/mol. The van der Waals surface area contributed by atoms with Gasteiger partial charge in [0.15, 0.2) is 0 Å². The number of fused-ring (bicyclic) bond motifs is 1. The van der Waals surface area contributed by atoms with Crippen LogP contribution >= 0.6 is 0 Å². The fraction of sp³-hybridized carbons (Fsp3) is 0.0556. The largest absolute Gasteiger partial charge is 0.304 e. The molecule has 0 aliphatic rings. The molecule has 0 unspecified atom stereocenters. The number of aryl methyl sites for hydroxylation is 1. The van der Waals surface area contributed by atoms with Gasteiger partial charge in [0.2, 0.25) is 0 Å². The molecule has 0 saturated carbocycles. The van der Waals surface area contributed by atoms with Gasteiger partial charge in [-0.25, -0.2) is 4.98 Å². The van der Waals surface area contributed by atoms with Gasteiger partial charge in [-0.3, -0.25) is 9.97 Å². The van der Waals surface area contributed by atoms with Crippen molar-refractivity contribution >= 4 is 5.65 Å². The lowest BCUT2D eigenvalue weighted by molar-refractivity contribution is 1.11. The molecule has 0 saturated heterocycles. The topological polar surface area (TPSA) is 43.1 Å². The molecule has 0 amide bonds. The van der Waals surface area contributed by atoms with Crippen molar-refractivity contribution in [2.24, 2.45) is 0 Å². The number of hydrogen-bond acceptors (Lipinski definition) is 3. The Balaban J connectivity index is 1.93. The lowest BCUT2D eigenvalue weighted by Crippen LogP contribution is -1.93. The standard InChI is InChI=1S/C18H14N4/c1-13-11-21-17-8-7-14(12-22(13)17)15-5-4-10-20-18(15)16-6-2-3-9-19-16/h2-12H,1H3. The van der Waals surface area contributed by atoms with E-state index >= 15 is 0 Å². The fourth-order valence-corrected chi connectivity index (χ4v) is 2.61. The highest BCUT2D eigenvalue weighted by atomic mass is 15.0. The lowest BCUT2D eigenvalue weighted by Gasteiger charge is -2.09. The Labute approximate surface area is 128 Å². The van der Waals surface area contributed by atoms with Crippen molar-refractivity contribution in [1.29, 1.82) is 0 Å². The highest BCUT2D eigenvalue weighted by Gasteiger charge is 2.10. The van der Waals surface area contributed by atoms with E-state index in [2.05, 4.69) is 37.7 Å². The minimum absolute atomic E-state index is 0.876. The van der Waals surface area contributed by atoms with Crippen molar-refractivity contribution in [1.82, 2.24) is 19.4 Å². The Hall–Kier alpha value is -3.01.